The zero-order valence-corrected chi connectivity index (χ0v) is 15.4. The molecule has 1 unspecified atom stereocenters. The lowest BCUT2D eigenvalue weighted by molar-refractivity contribution is 0.628. The molecule has 0 spiro atoms. The molecule has 7 nitrogen and oxygen atoms in total. The maximum absolute atomic E-state index is 4.71. The van der Waals surface area contributed by atoms with Gasteiger partial charge in [-0.05, 0) is 24.6 Å². The van der Waals surface area contributed by atoms with Crippen molar-refractivity contribution in [3.8, 4) is 0 Å². The van der Waals surface area contributed by atoms with E-state index >= 15 is 0 Å². The number of hydrogen-bond acceptors (Lipinski definition) is 7. The maximum atomic E-state index is 4.71. The predicted octanol–water partition coefficient (Wildman–Crippen LogP) is 2.77. The Labute approximate surface area is 159 Å². The van der Waals surface area contributed by atoms with Gasteiger partial charge in [-0.15, -0.1) is 0 Å². The van der Waals surface area contributed by atoms with Crippen LogP contribution in [0.3, 0.4) is 0 Å². The van der Waals surface area contributed by atoms with Crippen molar-refractivity contribution in [3.05, 3.63) is 66.6 Å². The minimum absolute atomic E-state index is 0.182. The highest BCUT2D eigenvalue weighted by molar-refractivity contribution is 5.44. The van der Waals surface area contributed by atoms with Crippen LogP contribution in [-0.2, 0) is 0 Å². The Morgan fingerprint density at radius 1 is 0.778 bits per heavy atom. The average molecular weight is 361 g/mol. The third-order valence-electron chi connectivity index (χ3n) is 4.70. The van der Waals surface area contributed by atoms with Crippen molar-refractivity contribution in [2.45, 2.75) is 13.0 Å². The number of hydrogen-bond donors (Lipinski definition) is 1. The number of aromatic nitrogens is 4. The molecule has 138 valence electrons. The monoisotopic (exact) mass is 361 g/mol. The highest BCUT2D eigenvalue weighted by Crippen LogP contribution is 2.20. The molecular weight excluding hydrogens is 338 g/mol. The first-order valence-electron chi connectivity index (χ1n) is 9.21. The molecule has 1 N–H and O–H groups in total. The van der Waals surface area contributed by atoms with Crippen LogP contribution in [0, 0.1) is 0 Å². The Balaban J connectivity index is 1.40. The van der Waals surface area contributed by atoms with Gasteiger partial charge in [0.1, 0.15) is 5.82 Å². The van der Waals surface area contributed by atoms with Crippen molar-refractivity contribution in [1.82, 2.24) is 19.9 Å². The van der Waals surface area contributed by atoms with E-state index in [1.165, 1.54) is 5.56 Å². The molecule has 1 fully saturated rings. The minimum Gasteiger partial charge on any atom is -0.363 e. The average Bonchev–Trinajstić information content (AvgIpc) is 2.75. The van der Waals surface area contributed by atoms with Gasteiger partial charge in [0, 0.05) is 50.8 Å². The summed E-state index contributed by atoms with van der Waals surface area (Å²) in [6.07, 6.45) is 5.37. The zero-order chi connectivity index (χ0) is 18.5. The van der Waals surface area contributed by atoms with E-state index in [0.717, 1.165) is 43.9 Å². The van der Waals surface area contributed by atoms with Gasteiger partial charge in [0.25, 0.3) is 0 Å². The van der Waals surface area contributed by atoms with Gasteiger partial charge in [0.05, 0.1) is 0 Å². The fourth-order valence-electron chi connectivity index (χ4n) is 3.19. The second-order valence-corrected chi connectivity index (χ2v) is 6.54. The fraction of sp³-hybridized carbons (Fsp3) is 0.300. The molecule has 0 aliphatic carbocycles. The third-order valence-corrected chi connectivity index (χ3v) is 4.70. The first kappa shape index (κ1) is 17.2. The SMILES string of the molecule is CC(Nc1ccnc(N2CCN(c3ncccn3)CC2)n1)c1ccccc1. The lowest BCUT2D eigenvalue weighted by atomic mass is 10.1. The Morgan fingerprint density at radius 3 is 2.11 bits per heavy atom. The second-order valence-electron chi connectivity index (χ2n) is 6.54. The Kier molecular flexibility index (Phi) is 5.09. The maximum Gasteiger partial charge on any atom is 0.227 e. The molecular formula is C20H23N7. The van der Waals surface area contributed by atoms with Crippen LogP contribution in [0.5, 0.6) is 0 Å². The summed E-state index contributed by atoms with van der Waals surface area (Å²) in [7, 11) is 0. The Hall–Kier alpha value is -3.22. The Morgan fingerprint density at radius 2 is 1.41 bits per heavy atom. The van der Waals surface area contributed by atoms with Crippen LogP contribution in [0.25, 0.3) is 0 Å². The molecule has 0 amide bonds. The molecule has 0 saturated carbocycles. The molecule has 1 saturated heterocycles. The van der Waals surface area contributed by atoms with Crippen molar-refractivity contribution >= 4 is 17.7 Å². The van der Waals surface area contributed by atoms with Crippen LogP contribution < -0.4 is 15.1 Å². The Bertz CT molecular complexity index is 848. The molecule has 0 radical (unpaired) electrons. The van der Waals surface area contributed by atoms with Gasteiger partial charge in [-0.25, -0.2) is 15.0 Å². The van der Waals surface area contributed by atoms with Crippen molar-refractivity contribution in [2.75, 3.05) is 41.3 Å². The molecule has 27 heavy (non-hydrogen) atoms. The predicted molar refractivity (Wildman–Crippen MR) is 107 cm³/mol. The van der Waals surface area contributed by atoms with E-state index in [4.69, 9.17) is 4.98 Å². The van der Waals surface area contributed by atoms with Gasteiger partial charge in [-0.3, -0.25) is 0 Å². The quantitative estimate of drug-likeness (QED) is 0.749. The number of anilines is 3. The van der Waals surface area contributed by atoms with Crippen molar-refractivity contribution in [3.63, 3.8) is 0 Å². The van der Waals surface area contributed by atoms with Crippen molar-refractivity contribution in [1.29, 1.82) is 0 Å². The van der Waals surface area contributed by atoms with Crippen LogP contribution in [-0.4, -0.2) is 46.1 Å². The summed E-state index contributed by atoms with van der Waals surface area (Å²) < 4.78 is 0. The molecule has 4 rings (SSSR count). The summed E-state index contributed by atoms with van der Waals surface area (Å²) in [6, 6.07) is 14.3. The first-order valence-corrected chi connectivity index (χ1v) is 9.21. The van der Waals surface area contributed by atoms with E-state index in [9.17, 15) is 0 Å². The normalized spacial score (nSPS) is 15.4. The smallest absolute Gasteiger partial charge is 0.227 e. The summed E-state index contributed by atoms with van der Waals surface area (Å²) in [5.41, 5.74) is 1.23. The van der Waals surface area contributed by atoms with E-state index in [2.05, 4.69) is 61.3 Å². The van der Waals surface area contributed by atoms with E-state index in [-0.39, 0.29) is 6.04 Å². The van der Waals surface area contributed by atoms with Crippen LogP contribution in [0.15, 0.2) is 61.1 Å². The number of nitrogens with zero attached hydrogens (tertiary/aromatic N) is 6. The van der Waals surface area contributed by atoms with E-state index in [0.29, 0.717) is 0 Å². The number of nitrogens with one attached hydrogen (secondary N) is 1. The van der Waals surface area contributed by atoms with Crippen LogP contribution in [0.2, 0.25) is 0 Å². The summed E-state index contributed by atoms with van der Waals surface area (Å²) in [6.45, 7) is 5.53. The number of benzene rings is 1. The topological polar surface area (TPSA) is 70.1 Å². The molecule has 1 atom stereocenters. The van der Waals surface area contributed by atoms with E-state index in [1.54, 1.807) is 12.4 Å². The lowest BCUT2D eigenvalue weighted by Crippen LogP contribution is -2.47. The van der Waals surface area contributed by atoms with Gasteiger partial charge < -0.3 is 15.1 Å². The lowest BCUT2D eigenvalue weighted by Gasteiger charge is -2.34. The van der Waals surface area contributed by atoms with Gasteiger partial charge >= 0.3 is 0 Å². The summed E-state index contributed by atoms with van der Waals surface area (Å²) in [4.78, 5) is 22.2. The molecule has 1 aliphatic heterocycles. The molecule has 0 bridgehead atoms. The first-order chi connectivity index (χ1) is 13.3. The second kappa shape index (κ2) is 7.99. The molecule has 3 heterocycles. The van der Waals surface area contributed by atoms with Crippen molar-refractivity contribution < 1.29 is 0 Å². The summed E-state index contributed by atoms with van der Waals surface area (Å²) in [5.74, 6) is 2.38. The van der Waals surface area contributed by atoms with Gasteiger partial charge in [0.2, 0.25) is 11.9 Å². The molecule has 3 aromatic rings. The summed E-state index contributed by atoms with van der Waals surface area (Å²) in [5, 5.41) is 3.46. The molecule has 2 aromatic heterocycles. The molecule has 7 heteroatoms. The largest absolute Gasteiger partial charge is 0.363 e. The van der Waals surface area contributed by atoms with Crippen LogP contribution in [0.4, 0.5) is 17.7 Å². The standard InChI is InChI=1S/C20H23N7/c1-16(17-6-3-2-4-7-17)24-18-8-11-23-20(25-18)27-14-12-26(13-15-27)19-21-9-5-10-22-19/h2-11,16H,12-15H2,1H3,(H,23,24,25). The van der Waals surface area contributed by atoms with Crippen LogP contribution >= 0.6 is 0 Å². The highest BCUT2D eigenvalue weighted by atomic mass is 15.4. The highest BCUT2D eigenvalue weighted by Gasteiger charge is 2.20. The third kappa shape index (κ3) is 4.13. The van der Waals surface area contributed by atoms with E-state index in [1.807, 2.05) is 24.4 Å². The molecule has 1 aromatic carbocycles. The number of piperazine rings is 1. The van der Waals surface area contributed by atoms with Gasteiger partial charge in [0.15, 0.2) is 0 Å². The summed E-state index contributed by atoms with van der Waals surface area (Å²) >= 11 is 0. The van der Waals surface area contributed by atoms with Crippen molar-refractivity contribution in [2.24, 2.45) is 0 Å². The zero-order valence-electron chi connectivity index (χ0n) is 15.4. The minimum atomic E-state index is 0.182. The molecule has 1 aliphatic rings. The van der Waals surface area contributed by atoms with Crippen LogP contribution in [0.1, 0.15) is 18.5 Å². The van der Waals surface area contributed by atoms with E-state index < -0.39 is 0 Å². The van der Waals surface area contributed by atoms with Gasteiger partial charge in [-0.1, -0.05) is 30.3 Å². The number of rotatable bonds is 5. The van der Waals surface area contributed by atoms with Gasteiger partial charge in [-0.2, -0.15) is 4.98 Å². The fourth-order valence-corrected chi connectivity index (χ4v) is 3.19.